The molecule has 0 aliphatic heterocycles. The fourth-order valence-electron chi connectivity index (χ4n) is 2.48. The van der Waals surface area contributed by atoms with Crippen molar-refractivity contribution in [3.8, 4) is 0 Å². The summed E-state index contributed by atoms with van der Waals surface area (Å²) in [6.45, 7) is 2.90. The van der Waals surface area contributed by atoms with E-state index in [1.165, 1.54) is 5.56 Å². The molecule has 21 heavy (non-hydrogen) atoms. The molecule has 0 saturated heterocycles. The maximum absolute atomic E-state index is 4.27. The van der Waals surface area contributed by atoms with Crippen LogP contribution in [0.25, 0.3) is 0 Å². The molecule has 1 N–H and O–H groups in total. The molecule has 0 aliphatic rings. The van der Waals surface area contributed by atoms with Gasteiger partial charge < -0.3 is 5.32 Å². The van der Waals surface area contributed by atoms with Gasteiger partial charge in [0.05, 0.1) is 18.3 Å². The number of nitrogens with one attached hydrogen (secondary N) is 1. The Morgan fingerprint density at radius 1 is 1.10 bits per heavy atom. The number of rotatable bonds is 5. The second kappa shape index (κ2) is 5.83. The van der Waals surface area contributed by atoms with E-state index in [1.807, 2.05) is 47.0 Å². The van der Waals surface area contributed by atoms with Crippen LogP contribution in [0.15, 0.2) is 55.0 Å². The Labute approximate surface area is 124 Å². The van der Waals surface area contributed by atoms with Gasteiger partial charge in [0.1, 0.15) is 0 Å². The van der Waals surface area contributed by atoms with Gasteiger partial charge in [-0.3, -0.25) is 9.36 Å². The molecule has 0 fully saturated rings. The molecular formula is C16H19N5. The van der Waals surface area contributed by atoms with Crippen LogP contribution in [-0.4, -0.2) is 19.6 Å². The summed E-state index contributed by atoms with van der Waals surface area (Å²) in [7, 11) is 1.96. The predicted molar refractivity (Wildman–Crippen MR) is 83.0 cm³/mol. The highest BCUT2D eigenvalue weighted by molar-refractivity contribution is 5.52. The molecular weight excluding hydrogens is 262 g/mol. The summed E-state index contributed by atoms with van der Waals surface area (Å²) < 4.78 is 3.82. The first-order valence-corrected chi connectivity index (χ1v) is 7.04. The van der Waals surface area contributed by atoms with E-state index in [1.54, 1.807) is 6.20 Å². The van der Waals surface area contributed by atoms with Gasteiger partial charge in [-0.25, -0.2) is 0 Å². The van der Waals surface area contributed by atoms with Gasteiger partial charge >= 0.3 is 0 Å². The number of benzene rings is 1. The molecule has 0 saturated carbocycles. The number of aryl methyl sites for hydroxylation is 1. The Bertz CT molecular complexity index is 699. The average Bonchev–Trinajstić information content (AvgIpc) is 3.12. The molecule has 0 radical (unpaired) electrons. The van der Waals surface area contributed by atoms with Crippen molar-refractivity contribution in [2.75, 3.05) is 5.32 Å². The van der Waals surface area contributed by atoms with E-state index in [2.05, 4.69) is 40.6 Å². The van der Waals surface area contributed by atoms with Crippen molar-refractivity contribution in [1.29, 1.82) is 0 Å². The van der Waals surface area contributed by atoms with Crippen LogP contribution in [-0.2, 0) is 13.6 Å². The minimum atomic E-state index is 0.191. The zero-order valence-corrected chi connectivity index (χ0v) is 12.3. The summed E-state index contributed by atoms with van der Waals surface area (Å²) in [6.07, 6.45) is 5.60. The Hall–Kier alpha value is -2.56. The number of anilines is 1. The Balaban J connectivity index is 1.81. The largest absolute Gasteiger partial charge is 0.377 e. The number of hydrogen-bond acceptors (Lipinski definition) is 3. The number of para-hydroxylation sites is 1. The van der Waals surface area contributed by atoms with Gasteiger partial charge in [-0.2, -0.15) is 10.2 Å². The van der Waals surface area contributed by atoms with Crippen molar-refractivity contribution < 1.29 is 0 Å². The van der Waals surface area contributed by atoms with Gasteiger partial charge in [0.25, 0.3) is 0 Å². The summed E-state index contributed by atoms with van der Waals surface area (Å²) in [5.41, 5.74) is 3.50. The average molecular weight is 281 g/mol. The van der Waals surface area contributed by atoms with Crippen LogP contribution in [0.4, 0.5) is 5.69 Å². The Kier molecular flexibility index (Phi) is 3.73. The minimum Gasteiger partial charge on any atom is -0.377 e. The van der Waals surface area contributed by atoms with Crippen LogP contribution in [0.5, 0.6) is 0 Å². The normalized spacial score (nSPS) is 12.3. The zero-order chi connectivity index (χ0) is 14.7. The van der Waals surface area contributed by atoms with Crippen LogP contribution in [0.1, 0.15) is 24.2 Å². The molecule has 1 atom stereocenters. The monoisotopic (exact) mass is 281 g/mol. The highest BCUT2D eigenvalue weighted by Gasteiger charge is 2.11. The molecule has 5 heteroatoms. The van der Waals surface area contributed by atoms with Crippen LogP contribution < -0.4 is 5.32 Å². The maximum Gasteiger partial charge on any atom is 0.0679 e. The van der Waals surface area contributed by atoms with Crippen LogP contribution in [0.3, 0.4) is 0 Å². The standard InChI is InChI=1S/C16H19N5/c1-13(16-8-10-17-20(16)2)19-15-7-4-3-6-14(15)12-21-11-5-9-18-21/h3-11,13,19H,12H2,1-2H3. The third-order valence-corrected chi connectivity index (χ3v) is 3.58. The molecule has 1 unspecified atom stereocenters. The third-order valence-electron chi connectivity index (χ3n) is 3.58. The quantitative estimate of drug-likeness (QED) is 0.782. The highest BCUT2D eigenvalue weighted by atomic mass is 15.3. The van der Waals surface area contributed by atoms with Crippen LogP contribution in [0.2, 0.25) is 0 Å². The predicted octanol–water partition coefficient (Wildman–Crippen LogP) is 2.84. The lowest BCUT2D eigenvalue weighted by Crippen LogP contribution is -2.13. The van der Waals surface area contributed by atoms with Crippen molar-refractivity contribution in [2.45, 2.75) is 19.5 Å². The molecule has 3 aromatic rings. The van der Waals surface area contributed by atoms with E-state index in [-0.39, 0.29) is 6.04 Å². The number of hydrogen-bond donors (Lipinski definition) is 1. The van der Waals surface area contributed by atoms with Gasteiger partial charge in [-0.1, -0.05) is 18.2 Å². The summed E-state index contributed by atoms with van der Waals surface area (Å²) in [5, 5.41) is 12.1. The molecule has 0 spiro atoms. The summed E-state index contributed by atoms with van der Waals surface area (Å²) in [6, 6.07) is 12.5. The van der Waals surface area contributed by atoms with Gasteiger partial charge in [0, 0.05) is 31.3 Å². The molecule has 3 rings (SSSR count). The molecule has 5 nitrogen and oxygen atoms in total. The van der Waals surface area contributed by atoms with E-state index in [9.17, 15) is 0 Å². The molecule has 1 aromatic carbocycles. The molecule has 108 valence electrons. The topological polar surface area (TPSA) is 47.7 Å². The zero-order valence-electron chi connectivity index (χ0n) is 12.3. The fraction of sp³-hybridized carbons (Fsp3) is 0.250. The first kappa shape index (κ1) is 13.4. The van der Waals surface area contributed by atoms with Crippen molar-refractivity contribution in [2.24, 2.45) is 7.05 Å². The van der Waals surface area contributed by atoms with Crippen molar-refractivity contribution in [3.05, 3.63) is 66.2 Å². The second-order valence-corrected chi connectivity index (χ2v) is 5.11. The Morgan fingerprint density at radius 3 is 2.67 bits per heavy atom. The number of nitrogens with zero attached hydrogens (tertiary/aromatic N) is 4. The van der Waals surface area contributed by atoms with Gasteiger partial charge in [0.15, 0.2) is 0 Å². The van der Waals surface area contributed by atoms with Crippen molar-refractivity contribution in [3.63, 3.8) is 0 Å². The minimum absolute atomic E-state index is 0.191. The first-order valence-electron chi connectivity index (χ1n) is 7.04. The molecule has 0 aliphatic carbocycles. The van der Waals surface area contributed by atoms with E-state index in [4.69, 9.17) is 0 Å². The lowest BCUT2D eigenvalue weighted by Gasteiger charge is -2.18. The number of aromatic nitrogens is 4. The lowest BCUT2D eigenvalue weighted by molar-refractivity contribution is 0.669. The molecule has 2 aromatic heterocycles. The van der Waals surface area contributed by atoms with Crippen molar-refractivity contribution in [1.82, 2.24) is 19.6 Å². The van der Waals surface area contributed by atoms with E-state index >= 15 is 0 Å². The van der Waals surface area contributed by atoms with Crippen molar-refractivity contribution >= 4 is 5.69 Å². The molecule has 2 heterocycles. The van der Waals surface area contributed by atoms with Gasteiger partial charge in [0.2, 0.25) is 0 Å². The SMILES string of the molecule is CC(Nc1ccccc1Cn1cccn1)c1ccnn1C. The summed E-state index contributed by atoms with van der Waals surface area (Å²) >= 11 is 0. The fourth-order valence-corrected chi connectivity index (χ4v) is 2.48. The maximum atomic E-state index is 4.27. The second-order valence-electron chi connectivity index (χ2n) is 5.11. The molecule has 0 amide bonds. The first-order chi connectivity index (χ1) is 10.2. The van der Waals surface area contributed by atoms with Crippen LogP contribution >= 0.6 is 0 Å². The van der Waals surface area contributed by atoms with Gasteiger partial charge in [-0.15, -0.1) is 0 Å². The van der Waals surface area contributed by atoms with Gasteiger partial charge in [-0.05, 0) is 30.7 Å². The third kappa shape index (κ3) is 2.97. The van der Waals surface area contributed by atoms with E-state index in [0.29, 0.717) is 0 Å². The highest BCUT2D eigenvalue weighted by Crippen LogP contribution is 2.22. The summed E-state index contributed by atoms with van der Waals surface area (Å²) in [4.78, 5) is 0. The van der Waals surface area contributed by atoms with Crippen LogP contribution in [0, 0.1) is 0 Å². The smallest absolute Gasteiger partial charge is 0.0679 e. The van der Waals surface area contributed by atoms with E-state index < -0.39 is 0 Å². The Morgan fingerprint density at radius 2 is 1.95 bits per heavy atom. The molecule has 0 bridgehead atoms. The lowest BCUT2D eigenvalue weighted by atomic mass is 10.1. The van der Waals surface area contributed by atoms with E-state index in [0.717, 1.165) is 17.9 Å². The summed E-state index contributed by atoms with van der Waals surface area (Å²) in [5.74, 6) is 0.